The fourth-order valence-corrected chi connectivity index (χ4v) is 2.87. The first-order valence-corrected chi connectivity index (χ1v) is 7.16. The molecule has 0 radical (unpaired) electrons. The lowest BCUT2D eigenvalue weighted by Gasteiger charge is -2.10. The lowest BCUT2D eigenvalue weighted by Crippen LogP contribution is -2.21. The van der Waals surface area contributed by atoms with Crippen molar-refractivity contribution in [2.24, 2.45) is 0 Å². The van der Waals surface area contributed by atoms with Crippen LogP contribution < -0.4 is 5.56 Å². The zero-order chi connectivity index (χ0) is 15.3. The van der Waals surface area contributed by atoms with Gasteiger partial charge >= 0.3 is 0 Å². The van der Waals surface area contributed by atoms with Crippen LogP contribution in [0.4, 0.5) is 0 Å². The first kappa shape index (κ1) is 13.0. The summed E-state index contributed by atoms with van der Waals surface area (Å²) in [5.41, 5.74) is 1.32. The summed E-state index contributed by atoms with van der Waals surface area (Å²) < 4.78 is 3.41. The second kappa shape index (κ2) is 4.68. The van der Waals surface area contributed by atoms with Crippen molar-refractivity contribution < 1.29 is 0 Å². The summed E-state index contributed by atoms with van der Waals surface area (Å²) >= 11 is 6.06. The van der Waals surface area contributed by atoms with E-state index in [9.17, 15) is 4.79 Å². The summed E-state index contributed by atoms with van der Waals surface area (Å²) in [5.74, 6) is 1.20. The van der Waals surface area contributed by atoms with Gasteiger partial charge in [0.1, 0.15) is 5.82 Å². The topological polar surface area (TPSA) is 52.2 Å². The molecule has 0 unspecified atom stereocenters. The fourth-order valence-electron chi connectivity index (χ4n) is 2.69. The molecule has 2 aromatic carbocycles. The van der Waals surface area contributed by atoms with E-state index >= 15 is 0 Å². The van der Waals surface area contributed by atoms with Crippen LogP contribution in [0.2, 0.25) is 5.02 Å². The van der Waals surface area contributed by atoms with E-state index in [-0.39, 0.29) is 5.56 Å². The molecule has 0 saturated heterocycles. The first-order chi connectivity index (χ1) is 10.7. The van der Waals surface area contributed by atoms with Gasteiger partial charge in [-0.15, -0.1) is 10.2 Å². The number of rotatable bonds is 1. The van der Waals surface area contributed by atoms with Crippen molar-refractivity contribution in [1.29, 1.82) is 0 Å². The number of halogens is 1. The predicted octanol–water partition coefficient (Wildman–Crippen LogP) is 3.00. The summed E-state index contributed by atoms with van der Waals surface area (Å²) in [7, 11) is 0. The first-order valence-electron chi connectivity index (χ1n) is 6.78. The molecule has 0 bridgehead atoms. The van der Waals surface area contributed by atoms with Gasteiger partial charge in [0.15, 0.2) is 0 Å². The number of hydrogen-bond donors (Lipinski definition) is 0. The molecule has 4 rings (SSSR count). The molecule has 4 aromatic rings. The molecule has 2 aromatic heterocycles. The van der Waals surface area contributed by atoms with E-state index in [1.807, 2.05) is 35.6 Å². The number of benzene rings is 2. The Morgan fingerprint density at radius 3 is 2.68 bits per heavy atom. The number of fused-ring (bicyclic) bond motifs is 3. The largest absolute Gasteiger partial charge is 0.268 e. The maximum absolute atomic E-state index is 12.9. The third-order valence-corrected chi connectivity index (χ3v) is 3.89. The van der Waals surface area contributed by atoms with Crippen LogP contribution in [0.25, 0.3) is 22.4 Å². The lowest BCUT2D eigenvalue weighted by molar-refractivity contribution is 0.965. The highest BCUT2D eigenvalue weighted by molar-refractivity contribution is 6.30. The summed E-state index contributed by atoms with van der Waals surface area (Å²) in [6.07, 6.45) is 0. The average molecular weight is 311 g/mol. The molecular weight excluding hydrogens is 300 g/mol. The van der Waals surface area contributed by atoms with Crippen LogP contribution in [0.15, 0.2) is 53.3 Å². The highest BCUT2D eigenvalue weighted by Crippen LogP contribution is 2.19. The van der Waals surface area contributed by atoms with E-state index in [4.69, 9.17) is 11.6 Å². The van der Waals surface area contributed by atoms with Crippen molar-refractivity contribution in [2.75, 3.05) is 0 Å². The highest BCUT2D eigenvalue weighted by Gasteiger charge is 2.15. The lowest BCUT2D eigenvalue weighted by atomic mass is 10.2. The third kappa shape index (κ3) is 1.76. The fraction of sp³-hybridized carbons (Fsp3) is 0.0625. The minimum Gasteiger partial charge on any atom is -0.268 e. The molecule has 0 aliphatic rings. The Morgan fingerprint density at radius 1 is 1.05 bits per heavy atom. The van der Waals surface area contributed by atoms with E-state index in [2.05, 4.69) is 10.2 Å². The monoisotopic (exact) mass is 310 g/mol. The van der Waals surface area contributed by atoms with E-state index in [1.54, 1.807) is 24.3 Å². The summed E-state index contributed by atoms with van der Waals surface area (Å²) in [6.45, 7) is 1.86. The summed E-state index contributed by atoms with van der Waals surface area (Å²) in [6, 6.07) is 14.6. The molecule has 0 N–H and O–H groups in total. The molecule has 6 heteroatoms. The van der Waals surface area contributed by atoms with E-state index in [0.717, 1.165) is 11.3 Å². The third-order valence-electron chi connectivity index (χ3n) is 3.65. The Hall–Kier alpha value is -2.66. The normalized spacial score (nSPS) is 11.4. The molecule has 0 fully saturated rings. The highest BCUT2D eigenvalue weighted by atomic mass is 35.5. The minimum absolute atomic E-state index is 0.141. The van der Waals surface area contributed by atoms with Gasteiger partial charge in [-0.25, -0.2) is 4.57 Å². The van der Waals surface area contributed by atoms with Gasteiger partial charge < -0.3 is 0 Å². The van der Waals surface area contributed by atoms with E-state index in [1.165, 1.54) is 4.57 Å². The van der Waals surface area contributed by atoms with Crippen LogP contribution in [0, 0.1) is 6.92 Å². The molecule has 0 aliphatic heterocycles. The van der Waals surface area contributed by atoms with Crippen molar-refractivity contribution in [3.8, 4) is 5.69 Å². The van der Waals surface area contributed by atoms with Crippen molar-refractivity contribution >= 4 is 28.3 Å². The van der Waals surface area contributed by atoms with Crippen molar-refractivity contribution in [2.45, 2.75) is 6.92 Å². The predicted molar refractivity (Wildman–Crippen MR) is 85.8 cm³/mol. The molecule has 0 aliphatic carbocycles. The Labute approximate surface area is 130 Å². The van der Waals surface area contributed by atoms with Crippen LogP contribution in [-0.4, -0.2) is 19.2 Å². The zero-order valence-corrected chi connectivity index (χ0v) is 12.4. The molecule has 5 nitrogen and oxygen atoms in total. The second-order valence-electron chi connectivity index (χ2n) is 5.02. The average Bonchev–Trinajstić information content (AvgIpc) is 2.90. The second-order valence-corrected chi connectivity index (χ2v) is 5.46. The molecule has 0 saturated carbocycles. The molecular formula is C16H11ClN4O. The van der Waals surface area contributed by atoms with E-state index < -0.39 is 0 Å². The Kier molecular flexibility index (Phi) is 2.77. The Balaban J connectivity index is 2.27. The van der Waals surface area contributed by atoms with Crippen LogP contribution >= 0.6 is 11.6 Å². The van der Waals surface area contributed by atoms with Gasteiger partial charge in [-0.1, -0.05) is 29.8 Å². The summed E-state index contributed by atoms with van der Waals surface area (Å²) in [4.78, 5) is 12.9. The van der Waals surface area contributed by atoms with Crippen LogP contribution in [-0.2, 0) is 0 Å². The minimum atomic E-state index is -0.141. The quantitative estimate of drug-likeness (QED) is 0.543. The van der Waals surface area contributed by atoms with Crippen LogP contribution in [0.3, 0.4) is 0 Å². The summed E-state index contributed by atoms with van der Waals surface area (Å²) in [5, 5.41) is 9.46. The van der Waals surface area contributed by atoms with Gasteiger partial charge in [0.2, 0.25) is 5.78 Å². The number of hydrogen-bond acceptors (Lipinski definition) is 3. The number of aromatic nitrogens is 4. The van der Waals surface area contributed by atoms with Gasteiger partial charge in [0.05, 0.1) is 16.6 Å². The molecule has 2 heterocycles. The van der Waals surface area contributed by atoms with Gasteiger partial charge in [-0.2, -0.15) is 0 Å². The Bertz CT molecular complexity index is 1080. The SMILES string of the molecule is Cc1nnc2n(-c3cccc(Cl)c3)c(=O)c3ccccc3n12. The van der Waals surface area contributed by atoms with Gasteiger partial charge in [-0.3, -0.25) is 9.20 Å². The van der Waals surface area contributed by atoms with Gasteiger partial charge in [-0.05, 0) is 37.3 Å². The smallest absolute Gasteiger partial charge is 0.267 e. The van der Waals surface area contributed by atoms with Crippen LogP contribution in [0.5, 0.6) is 0 Å². The number of para-hydroxylation sites is 1. The van der Waals surface area contributed by atoms with Crippen molar-refractivity contribution in [3.05, 3.63) is 69.7 Å². The van der Waals surface area contributed by atoms with Gasteiger partial charge in [0.25, 0.3) is 5.56 Å². The standard InChI is InChI=1S/C16H11ClN4O/c1-10-18-19-16-20(10)14-8-3-2-7-13(14)15(22)21(16)12-6-4-5-11(17)9-12/h2-9H,1H3. The molecule has 108 valence electrons. The zero-order valence-electron chi connectivity index (χ0n) is 11.7. The number of aryl methyl sites for hydroxylation is 1. The van der Waals surface area contributed by atoms with Crippen LogP contribution in [0.1, 0.15) is 5.82 Å². The van der Waals surface area contributed by atoms with Gasteiger partial charge in [0, 0.05) is 5.02 Å². The molecule has 0 spiro atoms. The Morgan fingerprint density at radius 2 is 1.86 bits per heavy atom. The molecule has 22 heavy (non-hydrogen) atoms. The van der Waals surface area contributed by atoms with Crippen molar-refractivity contribution in [1.82, 2.24) is 19.2 Å². The van der Waals surface area contributed by atoms with E-state index in [0.29, 0.717) is 21.9 Å². The molecule has 0 atom stereocenters. The molecule has 0 amide bonds. The van der Waals surface area contributed by atoms with Crippen molar-refractivity contribution in [3.63, 3.8) is 0 Å². The maximum atomic E-state index is 12.9. The number of nitrogens with zero attached hydrogens (tertiary/aromatic N) is 4. The maximum Gasteiger partial charge on any atom is 0.267 e.